The van der Waals surface area contributed by atoms with Crippen molar-refractivity contribution in [1.82, 2.24) is 21.3 Å². The molecule has 0 aromatic heterocycles. The highest BCUT2D eigenvalue weighted by molar-refractivity contribution is 5.90. The Hall–Kier alpha value is -3.43. The molecule has 0 radical (unpaired) electrons. The van der Waals surface area contributed by atoms with Gasteiger partial charge in [-0.1, -0.05) is 88.4 Å². The number of urea groups is 1. The summed E-state index contributed by atoms with van der Waals surface area (Å²) in [5.41, 5.74) is 1.49. The van der Waals surface area contributed by atoms with Gasteiger partial charge in [-0.3, -0.25) is 9.59 Å². The minimum atomic E-state index is -0.895. The van der Waals surface area contributed by atoms with Crippen molar-refractivity contribution in [3.05, 3.63) is 71.8 Å². The van der Waals surface area contributed by atoms with Crippen molar-refractivity contribution in [1.29, 1.82) is 0 Å². The van der Waals surface area contributed by atoms with Crippen LogP contribution < -0.4 is 21.3 Å². The lowest BCUT2D eigenvalue weighted by molar-refractivity contribution is -0.125. The molecule has 0 unspecified atom stereocenters. The third-order valence-corrected chi connectivity index (χ3v) is 5.87. The smallest absolute Gasteiger partial charge is 0.316 e. The molecule has 0 heterocycles. The molecule has 0 spiro atoms. The molecule has 4 atom stereocenters. The average Bonchev–Trinajstić information content (AvgIpc) is 2.87. The fraction of sp³-hybridized carbons (Fsp3) is 0.444. The molecule has 0 aliphatic carbocycles. The maximum absolute atomic E-state index is 13.0. The van der Waals surface area contributed by atoms with Crippen molar-refractivity contribution in [2.24, 2.45) is 11.8 Å². The zero-order chi connectivity index (χ0) is 26.7. The molecule has 4 amide bonds. The fourth-order valence-electron chi connectivity index (χ4n) is 3.76. The average molecular weight is 499 g/mol. The molecule has 0 saturated carbocycles. The Balaban J connectivity index is 2.05. The minimum Gasteiger partial charge on any atom is -0.394 e. The van der Waals surface area contributed by atoms with E-state index in [2.05, 4.69) is 21.3 Å². The van der Waals surface area contributed by atoms with Crippen LogP contribution in [0.2, 0.25) is 0 Å². The molecular weight excluding hydrogens is 460 g/mol. The molecule has 2 aromatic carbocycles. The zero-order valence-electron chi connectivity index (χ0n) is 21.3. The van der Waals surface area contributed by atoms with Gasteiger partial charge in [-0.15, -0.1) is 0 Å². The van der Waals surface area contributed by atoms with E-state index in [4.69, 9.17) is 0 Å². The van der Waals surface area contributed by atoms with E-state index in [1.807, 2.05) is 36.4 Å². The van der Waals surface area contributed by atoms with Gasteiger partial charge in [0.05, 0.1) is 25.3 Å². The van der Waals surface area contributed by atoms with Crippen LogP contribution in [-0.2, 0) is 9.59 Å². The lowest BCUT2D eigenvalue weighted by Crippen LogP contribution is -2.58. The molecule has 9 heteroatoms. The van der Waals surface area contributed by atoms with Crippen LogP contribution in [0.25, 0.3) is 0 Å². The van der Waals surface area contributed by atoms with Gasteiger partial charge in [0.25, 0.3) is 0 Å². The van der Waals surface area contributed by atoms with E-state index >= 15 is 0 Å². The number of nitrogens with one attached hydrogen (secondary N) is 4. The van der Waals surface area contributed by atoms with Crippen molar-refractivity contribution in [3.8, 4) is 0 Å². The predicted octanol–water partition coefficient (Wildman–Crippen LogP) is 2.03. The lowest BCUT2D eigenvalue weighted by atomic mass is 10.0. The second-order valence-electron chi connectivity index (χ2n) is 9.37. The first-order valence-electron chi connectivity index (χ1n) is 12.2. The van der Waals surface area contributed by atoms with Crippen LogP contribution in [0.15, 0.2) is 60.7 Å². The number of amides is 4. The van der Waals surface area contributed by atoms with Gasteiger partial charge in [-0.25, -0.2) is 4.79 Å². The Morgan fingerprint density at radius 3 is 1.22 bits per heavy atom. The quantitative estimate of drug-likeness (QED) is 0.266. The molecule has 0 fully saturated rings. The summed E-state index contributed by atoms with van der Waals surface area (Å²) in [5.74, 6) is -1.40. The predicted molar refractivity (Wildman–Crippen MR) is 138 cm³/mol. The molecule has 0 saturated heterocycles. The van der Waals surface area contributed by atoms with Crippen LogP contribution in [0.1, 0.15) is 50.9 Å². The van der Waals surface area contributed by atoms with E-state index in [1.165, 1.54) is 0 Å². The van der Waals surface area contributed by atoms with Gasteiger partial charge in [-0.2, -0.15) is 0 Å². The third kappa shape index (κ3) is 8.35. The van der Waals surface area contributed by atoms with Gasteiger partial charge < -0.3 is 31.5 Å². The molecule has 36 heavy (non-hydrogen) atoms. The van der Waals surface area contributed by atoms with Crippen molar-refractivity contribution >= 4 is 17.8 Å². The Morgan fingerprint density at radius 2 is 0.944 bits per heavy atom. The van der Waals surface area contributed by atoms with Crippen LogP contribution in [0.5, 0.6) is 0 Å². The molecule has 9 nitrogen and oxygen atoms in total. The zero-order valence-corrected chi connectivity index (χ0v) is 21.3. The van der Waals surface area contributed by atoms with Crippen LogP contribution >= 0.6 is 0 Å². The normalized spacial score (nSPS) is 14.4. The fourth-order valence-corrected chi connectivity index (χ4v) is 3.76. The van der Waals surface area contributed by atoms with E-state index in [-0.39, 0.29) is 25.0 Å². The number of rotatable bonds is 12. The number of hydrogen-bond acceptors (Lipinski definition) is 5. The number of aliphatic hydroxyl groups is 2. The second-order valence-corrected chi connectivity index (χ2v) is 9.37. The van der Waals surface area contributed by atoms with Crippen molar-refractivity contribution in [2.75, 3.05) is 13.2 Å². The van der Waals surface area contributed by atoms with E-state index < -0.39 is 42.0 Å². The van der Waals surface area contributed by atoms with Crippen LogP contribution in [0.3, 0.4) is 0 Å². The molecule has 6 N–H and O–H groups in total. The van der Waals surface area contributed by atoms with Crippen LogP contribution in [0, 0.1) is 11.8 Å². The Labute approximate surface area is 212 Å². The van der Waals surface area contributed by atoms with Gasteiger partial charge in [0, 0.05) is 0 Å². The summed E-state index contributed by atoms with van der Waals surface area (Å²) in [6, 6.07) is 14.4. The van der Waals surface area contributed by atoms with Gasteiger partial charge in [-0.05, 0) is 23.0 Å². The molecule has 2 rings (SSSR count). The summed E-state index contributed by atoms with van der Waals surface area (Å²) in [6.45, 7) is 6.57. The summed E-state index contributed by atoms with van der Waals surface area (Å²) in [4.78, 5) is 38.8. The maximum atomic E-state index is 13.0. The maximum Gasteiger partial charge on any atom is 0.316 e. The van der Waals surface area contributed by atoms with Gasteiger partial charge in [0.15, 0.2) is 0 Å². The summed E-state index contributed by atoms with van der Waals surface area (Å²) >= 11 is 0. The summed E-state index contributed by atoms with van der Waals surface area (Å²) in [5, 5.41) is 30.4. The Kier molecular flexibility index (Phi) is 11.4. The summed E-state index contributed by atoms with van der Waals surface area (Å²) < 4.78 is 0. The SMILES string of the molecule is CC(C)[C@H](NC(=O)N[C@H](C(=O)N[C@@H](CO)c1ccccc1)C(C)C)C(=O)N[C@@H](CO)c1ccccc1. The monoisotopic (exact) mass is 498 g/mol. The standard InChI is InChI=1S/C27H38N4O5/c1-17(2)23(25(34)28-21(15-32)19-11-7-5-8-12-19)30-27(36)31-24(18(3)4)26(35)29-22(16-33)20-13-9-6-10-14-20/h5-14,17-18,21-24,32-33H,15-16H2,1-4H3,(H,28,34)(H,29,35)(H2,30,31,36)/t21-,22-,23-,24-/m0/s1. The van der Waals surface area contributed by atoms with Crippen LogP contribution in [0.4, 0.5) is 4.79 Å². The topological polar surface area (TPSA) is 140 Å². The highest BCUT2D eigenvalue weighted by Crippen LogP contribution is 2.15. The number of carbonyl (C=O) groups is 3. The number of aliphatic hydroxyl groups excluding tert-OH is 2. The van der Waals surface area contributed by atoms with Crippen LogP contribution in [-0.4, -0.2) is 53.4 Å². The summed E-state index contributed by atoms with van der Waals surface area (Å²) in [7, 11) is 0. The van der Waals surface area contributed by atoms with Crippen molar-refractivity contribution in [3.63, 3.8) is 0 Å². The molecule has 0 bridgehead atoms. The highest BCUT2D eigenvalue weighted by atomic mass is 16.3. The minimum absolute atomic E-state index is 0.256. The van der Waals surface area contributed by atoms with Gasteiger partial charge >= 0.3 is 6.03 Å². The molecular formula is C27H38N4O5. The van der Waals surface area contributed by atoms with E-state index in [1.54, 1.807) is 52.0 Å². The number of hydrogen-bond donors (Lipinski definition) is 6. The van der Waals surface area contributed by atoms with E-state index in [0.29, 0.717) is 0 Å². The third-order valence-electron chi connectivity index (χ3n) is 5.87. The number of carbonyl (C=O) groups excluding carboxylic acids is 3. The first-order chi connectivity index (χ1) is 17.2. The Morgan fingerprint density at radius 1 is 0.611 bits per heavy atom. The summed E-state index contributed by atoms with van der Waals surface area (Å²) in [6.07, 6.45) is 0. The molecule has 2 aromatic rings. The number of benzene rings is 2. The first-order valence-corrected chi connectivity index (χ1v) is 12.2. The van der Waals surface area contributed by atoms with E-state index in [9.17, 15) is 24.6 Å². The van der Waals surface area contributed by atoms with Crippen molar-refractivity contribution < 1.29 is 24.6 Å². The molecule has 0 aliphatic heterocycles. The molecule has 196 valence electrons. The lowest BCUT2D eigenvalue weighted by Gasteiger charge is -2.28. The largest absolute Gasteiger partial charge is 0.394 e. The second kappa shape index (κ2) is 14.2. The van der Waals surface area contributed by atoms with E-state index in [0.717, 1.165) is 11.1 Å². The Bertz CT molecular complexity index is 891. The first kappa shape index (κ1) is 28.8. The van der Waals surface area contributed by atoms with Gasteiger partial charge in [0.2, 0.25) is 11.8 Å². The highest BCUT2D eigenvalue weighted by Gasteiger charge is 2.30. The van der Waals surface area contributed by atoms with Gasteiger partial charge in [0.1, 0.15) is 12.1 Å². The van der Waals surface area contributed by atoms with Crippen molar-refractivity contribution in [2.45, 2.75) is 51.9 Å². The molecule has 0 aliphatic rings.